The summed E-state index contributed by atoms with van der Waals surface area (Å²) in [5.74, 6) is -0.575. The normalized spacial score (nSPS) is 14.5. The predicted octanol–water partition coefficient (Wildman–Crippen LogP) is 3.77. The third kappa shape index (κ3) is 4.30. The van der Waals surface area contributed by atoms with E-state index in [0.29, 0.717) is 34.3 Å². The Kier molecular flexibility index (Phi) is 6.00. The van der Waals surface area contributed by atoms with Gasteiger partial charge in [0.15, 0.2) is 11.2 Å². The number of hydrogen-bond donors (Lipinski definition) is 1. The molecule has 0 amide bonds. The minimum atomic E-state index is -0.397. The average Bonchev–Trinajstić information content (AvgIpc) is 2.79. The molecule has 1 saturated heterocycles. The van der Waals surface area contributed by atoms with E-state index in [-0.39, 0.29) is 11.2 Å². The molecular weight excluding hydrogens is 393 g/mol. The van der Waals surface area contributed by atoms with E-state index in [9.17, 15) is 14.0 Å². The molecule has 1 fully saturated rings. The van der Waals surface area contributed by atoms with Crippen LogP contribution in [-0.4, -0.2) is 36.5 Å². The molecule has 0 bridgehead atoms. The number of nitrogens with one attached hydrogen (secondary N) is 1. The Balaban J connectivity index is 1.73. The number of ketones is 1. The van der Waals surface area contributed by atoms with Crippen LogP contribution >= 0.6 is 0 Å². The Bertz CT molecular complexity index is 1210. The number of hydrogen-bond acceptors (Lipinski definition) is 4. The second-order valence-electron chi connectivity index (χ2n) is 7.82. The highest BCUT2D eigenvalue weighted by atomic mass is 19.1. The summed E-state index contributed by atoms with van der Waals surface area (Å²) in [6.07, 6.45) is 4.67. The molecule has 0 radical (unpaired) electrons. The van der Waals surface area contributed by atoms with Crippen LogP contribution in [0.15, 0.2) is 53.5 Å². The molecule has 1 aliphatic heterocycles. The van der Waals surface area contributed by atoms with Gasteiger partial charge in [-0.1, -0.05) is 29.8 Å². The first-order valence-electron chi connectivity index (χ1n) is 10.6. The molecule has 5 nitrogen and oxygen atoms in total. The number of nitrogens with zero attached hydrogens (tertiary/aromatic N) is 2. The Labute approximate surface area is 180 Å². The summed E-state index contributed by atoms with van der Waals surface area (Å²) in [5.41, 5.74) is 2.94. The lowest BCUT2D eigenvalue weighted by Gasteiger charge is -2.30. The number of rotatable bonds is 5. The molecule has 2 aromatic carbocycles. The standard InChI is InChI=1S/C25H26FN3O2/c1-3-28-16-19(8-9-24(30)18-6-4-17(2)5-7-18)25(31)20-14-21(26)23(15-22(20)28)29-12-10-27-11-13-29/h4-9,14-16,27H,3,10-13H2,1-2H3/b9-8+. The van der Waals surface area contributed by atoms with E-state index in [4.69, 9.17) is 0 Å². The number of benzene rings is 2. The molecule has 1 aromatic heterocycles. The zero-order valence-electron chi connectivity index (χ0n) is 17.8. The number of pyridine rings is 1. The van der Waals surface area contributed by atoms with Crippen LogP contribution in [0.5, 0.6) is 0 Å². The maximum absolute atomic E-state index is 14.9. The Hall–Kier alpha value is -3.25. The van der Waals surface area contributed by atoms with Crippen LogP contribution in [0.25, 0.3) is 17.0 Å². The maximum atomic E-state index is 14.9. The first kappa shape index (κ1) is 21.0. The van der Waals surface area contributed by atoms with Crippen molar-refractivity contribution in [1.29, 1.82) is 0 Å². The van der Waals surface area contributed by atoms with Gasteiger partial charge in [0.1, 0.15) is 5.82 Å². The van der Waals surface area contributed by atoms with Gasteiger partial charge >= 0.3 is 0 Å². The summed E-state index contributed by atoms with van der Waals surface area (Å²) < 4.78 is 16.9. The molecule has 6 heteroatoms. The quantitative estimate of drug-likeness (QED) is 0.505. The van der Waals surface area contributed by atoms with Crippen LogP contribution in [0.2, 0.25) is 0 Å². The predicted molar refractivity (Wildman–Crippen MR) is 123 cm³/mol. The zero-order valence-corrected chi connectivity index (χ0v) is 17.8. The first-order chi connectivity index (χ1) is 15.0. The Morgan fingerprint density at radius 1 is 1.16 bits per heavy atom. The van der Waals surface area contributed by atoms with Gasteiger partial charge in [0.05, 0.1) is 11.2 Å². The van der Waals surface area contributed by atoms with Crippen molar-refractivity contribution in [2.45, 2.75) is 20.4 Å². The topological polar surface area (TPSA) is 54.3 Å². The minimum Gasteiger partial charge on any atom is -0.367 e. The number of allylic oxidation sites excluding steroid dienone is 1. The number of aryl methyl sites for hydroxylation is 2. The van der Waals surface area contributed by atoms with Crippen LogP contribution in [0.4, 0.5) is 10.1 Å². The molecule has 0 saturated carbocycles. The van der Waals surface area contributed by atoms with Gasteiger partial charge in [0, 0.05) is 55.4 Å². The van der Waals surface area contributed by atoms with E-state index < -0.39 is 5.82 Å². The summed E-state index contributed by atoms with van der Waals surface area (Å²) in [6, 6.07) is 10.4. The van der Waals surface area contributed by atoms with Gasteiger partial charge in [-0.15, -0.1) is 0 Å². The fourth-order valence-electron chi connectivity index (χ4n) is 3.93. The van der Waals surface area contributed by atoms with Gasteiger partial charge < -0.3 is 14.8 Å². The smallest absolute Gasteiger partial charge is 0.196 e. The van der Waals surface area contributed by atoms with Crippen molar-refractivity contribution < 1.29 is 9.18 Å². The van der Waals surface area contributed by atoms with Gasteiger partial charge in [-0.05, 0) is 38.1 Å². The zero-order chi connectivity index (χ0) is 22.0. The van der Waals surface area contributed by atoms with E-state index in [1.54, 1.807) is 24.4 Å². The van der Waals surface area contributed by atoms with E-state index in [1.807, 2.05) is 35.4 Å². The van der Waals surface area contributed by atoms with Crippen molar-refractivity contribution in [1.82, 2.24) is 9.88 Å². The first-order valence-corrected chi connectivity index (χ1v) is 10.6. The molecule has 1 N–H and O–H groups in total. The van der Waals surface area contributed by atoms with E-state index in [1.165, 1.54) is 18.2 Å². The average molecular weight is 420 g/mol. The molecule has 2 heterocycles. The molecular formula is C25H26FN3O2. The molecule has 31 heavy (non-hydrogen) atoms. The number of piperazine rings is 1. The lowest BCUT2D eigenvalue weighted by atomic mass is 10.1. The molecule has 4 rings (SSSR count). The van der Waals surface area contributed by atoms with Crippen molar-refractivity contribution in [2.24, 2.45) is 0 Å². The van der Waals surface area contributed by atoms with Gasteiger partial charge in [0.2, 0.25) is 0 Å². The van der Waals surface area contributed by atoms with Crippen LogP contribution < -0.4 is 15.6 Å². The van der Waals surface area contributed by atoms with Crippen LogP contribution in [0.1, 0.15) is 28.4 Å². The van der Waals surface area contributed by atoms with Crippen molar-refractivity contribution in [3.63, 3.8) is 0 Å². The van der Waals surface area contributed by atoms with Gasteiger partial charge in [-0.25, -0.2) is 4.39 Å². The lowest BCUT2D eigenvalue weighted by molar-refractivity contribution is 0.104. The van der Waals surface area contributed by atoms with E-state index in [0.717, 1.165) is 31.7 Å². The number of fused-ring (bicyclic) bond motifs is 1. The number of aromatic nitrogens is 1. The summed E-state index contributed by atoms with van der Waals surface area (Å²) in [7, 11) is 0. The van der Waals surface area contributed by atoms with E-state index >= 15 is 0 Å². The fraction of sp³-hybridized carbons (Fsp3) is 0.280. The third-order valence-corrected chi connectivity index (χ3v) is 5.73. The minimum absolute atomic E-state index is 0.178. The monoisotopic (exact) mass is 419 g/mol. The van der Waals surface area contributed by atoms with Crippen molar-refractivity contribution in [3.8, 4) is 0 Å². The molecule has 0 atom stereocenters. The lowest BCUT2D eigenvalue weighted by Crippen LogP contribution is -2.43. The molecule has 160 valence electrons. The second-order valence-corrected chi connectivity index (χ2v) is 7.82. The summed E-state index contributed by atoms with van der Waals surface area (Å²) >= 11 is 0. The Morgan fingerprint density at radius 2 is 1.87 bits per heavy atom. The fourth-order valence-corrected chi connectivity index (χ4v) is 3.93. The number of carbonyl (C=O) groups is 1. The van der Waals surface area contributed by atoms with Crippen molar-refractivity contribution in [2.75, 3.05) is 31.1 Å². The van der Waals surface area contributed by atoms with Crippen LogP contribution in [0.3, 0.4) is 0 Å². The highest BCUT2D eigenvalue weighted by Gasteiger charge is 2.18. The second kappa shape index (κ2) is 8.86. The number of anilines is 1. The molecule has 1 aliphatic rings. The highest BCUT2D eigenvalue weighted by molar-refractivity contribution is 6.07. The highest BCUT2D eigenvalue weighted by Crippen LogP contribution is 2.26. The summed E-state index contributed by atoms with van der Waals surface area (Å²) in [4.78, 5) is 27.5. The largest absolute Gasteiger partial charge is 0.367 e. The van der Waals surface area contributed by atoms with Crippen molar-refractivity contribution >= 4 is 28.4 Å². The maximum Gasteiger partial charge on any atom is 0.196 e. The van der Waals surface area contributed by atoms with Gasteiger partial charge in [0.25, 0.3) is 0 Å². The Morgan fingerprint density at radius 3 is 2.55 bits per heavy atom. The molecule has 0 spiro atoms. The van der Waals surface area contributed by atoms with Crippen molar-refractivity contribution in [3.05, 3.63) is 81.4 Å². The third-order valence-electron chi connectivity index (χ3n) is 5.73. The van der Waals surface area contributed by atoms with Gasteiger partial charge in [-0.2, -0.15) is 0 Å². The molecule has 3 aromatic rings. The molecule has 0 unspecified atom stereocenters. The van der Waals surface area contributed by atoms with E-state index in [2.05, 4.69) is 5.32 Å². The number of carbonyl (C=O) groups excluding carboxylic acids is 1. The number of halogens is 1. The van der Waals surface area contributed by atoms with Crippen LogP contribution in [-0.2, 0) is 6.54 Å². The summed E-state index contributed by atoms with van der Waals surface area (Å²) in [5, 5.41) is 3.59. The molecule has 0 aliphatic carbocycles. The summed E-state index contributed by atoms with van der Waals surface area (Å²) in [6.45, 7) is 7.60. The van der Waals surface area contributed by atoms with Gasteiger partial charge in [-0.3, -0.25) is 9.59 Å². The SMILES string of the molecule is CCn1cc(/C=C/C(=O)c2ccc(C)cc2)c(=O)c2cc(F)c(N3CCNCC3)cc21. The van der Waals surface area contributed by atoms with Crippen LogP contribution in [0, 0.1) is 12.7 Å².